The van der Waals surface area contributed by atoms with Crippen molar-refractivity contribution in [3.05, 3.63) is 59.4 Å². The van der Waals surface area contributed by atoms with Gasteiger partial charge in [-0.25, -0.2) is 4.98 Å². The van der Waals surface area contributed by atoms with E-state index < -0.39 is 0 Å². The van der Waals surface area contributed by atoms with Crippen molar-refractivity contribution in [2.24, 2.45) is 0 Å². The molecule has 3 rings (SSSR count). The minimum Gasteiger partial charge on any atom is -0.492 e. The number of hydrogen-bond acceptors (Lipinski definition) is 2. The van der Waals surface area contributed by atoms with E-state index in [-0.39, 0.29) is 0 Å². The molecule has 3 nitrogen and oxygen atoms in total. The molecule has 2 aromatic carbocycles. The van der Waals surface area contributed by atoms with Gasteiger partial charge in [-0.2, -0.15) is 0 Å². The number of benzene rings is 2. The van der Waals surface area contributed by atoms with Crippen LogP contribution in [0.2, 0.25) is 5.02 Å². The number of rotatable bonds is 7. The Morgan fingerprint density at radius 1 is 1.04 bits per heavy atom. The van der Waals surface area contributed by atoms with Gasteiger partial charge in [-0.15, -0.1) is 0 Å². The van der Waals surface area contributed by atoms with Gasteiger partial charge in [-0.05, 0) is 37.1 Å². The maximum Gasteiger partial charge on any atom is 0.137 e. The molecule has 0 atom stereocenters. The van der Waals surface area contributed by atoms with E-state index in [0.717, 1.165) is 36.5 Å². The molecule has 3 aromatic rings. The van der Waals surface area contributed by atoms with Gasteiger partial charge in [0.1, 0.15) is 11.6 Å². The molecule has 0 aliphatic heterocycles. The minimum absolute atomic E-state index is 0.414. The van der Waals surface area contributed by atoms with Crippen LogP contribution < -0.4 is 4.74 Å². The van der Waals surface area contributed by atoms with Crippen molar-refractivity contribution in [3.8, 4) is 5.75 Å². The van der Waals surface area contributed by atoms with Gasteiger partial charge in [0.15, 0.2) is 0 Å². The number of halogens is 1. The molecule has 0 saturated heterocycles. The summed E-state index contributed by atoms with van der Waals surface area (Å²) >= 11 is 6.10. The average molecular weight is 343 g/mol. The lowest BCUT2D eigenvalue weighted by Crippen LogP contribution is -2.07. The Morgan fingerprint density at radius 2 is 1.79 bits per heavy atom. The fourth-order valence-electron chi connectivity index (χ4n) is 2.89. The van der Waals surface area contributed by atoms with Crippen LogP contribution in [0.1, 0.15) is 38.4 Å². The third-order valence-corrected chi connectivity index (χ3v) is 4.38. The van der Waals surface area contributed by atoms with Crippen LogP contribution in [0.25, 0.3) is 11.0 Å². The highest BCUT2D eigenvalue weighted by Crippen LogP contribution is 2.24. The normalized spacial score (nSPS) is 11.3. The molecule has 0 N–H and O–H groups in total. The maximum atomic E-state index is 6.10. The molecule has 126 valence electrons. The summed E-state index contributed by atoms with van der Waals surface area (Å²) in [7, 11) is 0. The second-order valence-corrected chi connectivity index (χ2v) is 6.66. The predicted molar refractivity (Wildman–Crippen MR) is 100 cm³/mol. The number of aromatic nitrogens is 2. The number of para-hydroxylation sites is 3. The van der Waals surface area contributed by atoms with Gasteiger partial charge in [0.25, 0.3) is 0 Å². The van der Waals surface area contributed by atoms with Crippen LogP contribution in [-0.2, 0) is 6.54 Å². The summed E-state index contributed by atoms with van der Waals surface area (Å²) < 4.78 is 8.11. The lowest BCUT2D eigenvalue weighted by molar-refractivity contribution is 0.303. The van der Waals surface area contributed by atoms with E-state index in [0.29, 0.717) is 17.5 Å². The molecule has 0 radical (unpaired) electrons. The molecule has 4 heteroatoms. The lowest BCUT2D eigenvalue weighted by atomic mass is 10.2. The highest BCUT2D eigenvalue weighted by Gasteiger charge is 2.12. The Balaban J connectivity index is 1.60. The fraction of sp³-hybridized carbons (Fsp3) is 0.350. The third kappa shape index (κ3) is 3.73. The molecular formula is C20H23ClN2O. The van der Waals surface area contributed by atoms with Gasteiger partial charge >= 0.3 is 0 Å². The zero-order valence-corrected chi connectivity index (χ0v) is 15.0. The molecule has 0 fully saturated rings. The highest BCUT2D eigenvalue weighted by atomic mass is 35.5. The first-order valence-corrected chi connectivity index (χ1v) is 8.87. The third-order valence-electron chi connectivity index (χ3n) is 4.07. The first-order chi connectivity index (χ1) is 11.7. The second-order valence-electron chi connectivity index (χ2n) is 6.25. The second kappa shape index (κ2) is 7.71. The number of unbranched alkanes of at least 4 members (excludes halogenated alkanes) is 1. The molecule has 0 aliphatic rings. The number of nitrogens with zero attached hydrogens (tertiary/aromatic N) is 2. The van der Waals surface area contributed by atoms with Crippen molar-refractivity contribution >= 4 is 22.6 Å². The van der Waals surface area contributed by atoms with Gasteiger partial charge < -0.3 is 9.30 Å². The van der Waals surface area contributed by atoms with Crippen LogP contribution in [0.5, 0.6) is 5.75 Å². The quantitative estimate of drug-likeness (QED) is 0.517. The van der Waals surface area contributed by atoms with Crippen LogP contribution in [0, 0.1) is 0 Å². The van der Waals surface area contributed by atoms with Crippen molar-refractivity contribution in [1.29, 1.82) is 0 Å². The highest BCUT2D eigenvalue weighted by molar-refractivity contribution is 6.32. The summed E-state index contributed by atoms with van der Waals surface area (Å²) in [5, 5.41) is 0.667. The van der Waals surface area contributed by atoms with Crippen LogP contribution in [0.4, 0.5) is 0 Å². The minimum atomic E-state index is 0.414. The number of aryl methyl sites for hydroxylation is 1. The van der Waals surface area contributed by atoms with Gasteiger partial charge in [0.2, 0.25) is 0 Å². The van der Waals surface area contributed by atoms with Crippen molar-refractivity contribution in [2.45, 2.75) is 39.2 Å². The Kier molecular flexibility index (Phi) is 5.41. The molecule has 0 bridgehead atoms. The molecule has 24 heavy (non-hydrogen) atoms. The predicted octanol–water partition coefficient (Wildman–Crippen LogP) is 5.67. The standard InChI is InChI=1S/C20H23ClN2O/c1-15(2)20-22-17-10-4-5-11-18(17)23(20)13-7-8-14-24-19-12-6-3-9-16(19)21/h3-6,9-12,15H,7-8,13-14H2,1-2H3. The van der Waals surface area contributed by atoms with E-state index in [2.05, 4.69) is 36.6 Å². The maximum absolute atomic E-state index is 6.10. The smallest absolute Gasteiger partial charge is 0.137 e. The average Bonchev–Trinajstić information content (AvgIpc) is 2.95. The van der Waals surface area contributed by atoms with E-state index in [1.807, 2.05) is 30.3 Å². The van der Waals surface area contributed by atoms with Gasteiger partial charge in [-0.1, -0.05) is 49.7 Å². The summed E-state index contributed by atoms with van der Waals surface area (Å²) in [6.45, 7) is 6.02. The van der Waals surface area contributed by atoms with Crippen molar-refractivity contribution in [2.75, 3.05) is 6.61 Å². The zero-order chi connectivity index (χ0) is 16.9. The van der Waals surface area contributed by atoms with E-state index in [1.54, 1.807) is 0 Å². The summed E-state index contributed by atoms with van der Waals surface area (Å²) in [6.07, 6.45) is 2.03. The van der Waals surface area contributed by atoms with Gasteiger partial charge in [-0.3, -0.25) is 0 Å². The SMILES string of the molecule is CC(C)c1nc2ccccc2n1CCCCOc1ccccc1Cl. The van der Waals surface area contributed by atoms with Gasteiger partial charge in [0, 0.05) is 12.5 Å². The van der Waals surface area contributed by atoms with Crippen molar-refractivity contribution in [1.82, 2.24) is 9.55 Å². The molecule has 0 aliphatic carbocycles. The number of ether oxygens (including phenoxy) is 1. The molecular weight excluding hydrogens is 320 g/mol. The van der Waals surface area contributed by atoms with Crippen molar-refractivity contribution < 1.29 is 4.74 Å². The monoisotopic (exact) mass is 342 g/mol. The largest absolute Gasteiger partial charge is 0.492 e. The first kappa shape index (κ1) is 16.8. The topological polar surface area (TPSA) is 27.1 Å². The molecule has 0 spiro atoms. The number of imidazole rings is 1. The molecule has 0 amide bonds. The molecule has 0 saturated carbocycles. The van der Waals surface area contributed by atoms with E-state index in [4.69, 9.17) is 21.3 Å². The lowest BCUT2D eigenvalue weighted by Gasteiger charge is -2.12. The number of hydrogen-bond donors (Lipinski definition) is 0. The van der Waals surface area contributed by atoms with E-state index in [1.165, 1.54) is 5.52 Å². The fourth-order valence-corrected chi connectivity index (χ4v) is 3.08. The summed E-state index contributed by atoms with van der Waals surface area (Å²) in [5.41, 5.74) is 2.29. The van der Waals surface area contributed by atoms with Crippen LogP contribution in [-0.4, -0.2) is 16.2 Å². The molecule has 0 unspecified atom stereocenters. The van der Waals surface area contributed by atoms with Crippen molar-refractivity contribution in [3.63, 3.8) is 0 Å². The summed E-state index contributed by atoms with van der Waals surface area (Å²) in [5.74, 6) is 2.33. The number of fused-ring (bicyclic) bond motifs is 1. The van der Waals surface area contributed by atoms with Gasteiger partial charge in [0.05, 0.1) is 22.7 Å². The Labute approximate surface area is 148 Å². The first-order valence-electron chi connectivity index (χ1n) is 8.49. The van der Waals surface area contributed by atoms with Crippen LogP contribution in [0.15, 0.2) is 48.5 Å². The Bertz CT molecular complexity index is 810. The summed E-state index contributed by atoms with van der Waals surface area (Å²) in [4.78, 5) is 4.78. The van der Waals surface area contributed by atoms with E-state index in [9.17, 15) is 0 Å². The Morgan fingerprint density at radius 3 is 2.58 bits per heavy atom. The van der Waals surface area contributed by atoms with E-state index >= 15 is 0 Å². The molecule has 1 heterocycles. The summed E-state index contributed by atoms with van der Waals surface area (Å²) in [6, 6.07) is 15.9. The molecule has 1 aromatic heterocycles. The van der Waals surface area contributed by atoms with Crippen LogP contribution in [0.3, 0.4) is 0 Å². The van der Waals surface area contributed by atoms with Crippen LogP contribution >= 0.6 is 11.6 Å². The zero-order valence-electron chi connectivity index (χ0n) is 14.2. The Hall–Kier alpha value is -2.00.